The molecule has 0 radical (unpaired) electrons. The summed E-state index contributed by atoms with van der Waals surface area (Å²) in [6.07, 6.45) is 10.6. The maximum absolute atomic E-state index is 11.8. The molecule has 4 saturated carbocycles. The first-order chi connectivity index (χ1) is 15.1. The molecule has 0 unspecified atom stereocenters. The lowest BCUT2D eigenvalue weighted by molar-refractivity contribution is -0.246. The molecule has 0 aromatic heterocycles. The molecule has 3 N–H and O–H groups in total. The molecule has 0 aromatic rings. The minimum Gasteiger partial charge on any atom is -0.393 e. The Hall–Kier alpha value is -0.380. The van der Waals surface area contributed by atoms with Crippen molar-refractivity contribution in [1.29, 1.82) is 0 Å². The minimum absolute atomic E-state index is 0.0503. The van der Waals surface area contributed by atoms with E-state index in [1.807, 2.05) is 6.92 Å². The second-order valence-electron chi connectivity index (χ2n) is 14.5. The predicted molar refractivity (Wildman–Crippen MR) is 136 cm³/mol. The Morgan fingerprint density at radius 3 is 2.18 bits per heavy atom. The molecule has 0 spiro atoms. The zero-order valence-corrected chi connectivity index (χ0v) is 22.7. The van der Waals surface area contributed by atoms with Crippen LogP contribution < -0.4 is 0 Å². The second-order valence-corrected chi connectivity index (χ2v) is 14.5. The largest absolute Gasteiger partial charge is 0.393 e. The van der Waals surface area contributed by atoms with Gasteiger partial charge in [-0.15, -0.1) is 0 Å². The van der Waals surface area contributed by atoms with E-state index in [-0.39, 0.29) is 45.7 Å². The van der Waals surface area contributed by atoms with Gasteiger partial charge in [0.05, 0.1) is 17.8 Å². The lowest BCUT2D eigenvalue weighted by atomic mass is 9.35. The maximum atomic E-state index is 11.8. The van der Waals surface area contributed by atoms with Crippen LogP contribution in [-0.2, 0) is 0 Å². The first-order valence-corrected chi connectivity index (χ1v) is 13.8. The molecule has 4 fully saturated rings. The number of rotatable bonds is 4. The van der Waals surface area contributed by atoms with Crippen LogP contribution in [-0.4, -0.2) is 33.1 Å². The number of aliphatic hydroxyl groups is 3. The fourth-order valence-electron chi connectivity index (χ4n) is 10.3. The van der Waals surface area contributed by atoms with E-state index in [1.54, 1.807) is 0 Å². The van der Waals surface area contributed by atoms with Crippen LogP contribution in [0, 0.1) is 45.3 Å². The van der Waals surface area contributed by atoms with Crippen LogP contribution in [0.5, 0.6) is 0 Å². The molecule has 3 nitrogen and oxygen atoms in total. The van der Waals surface area contributed by atoms with E-state index >= 15 is 0 Å². The summed E-state index contributed by atoms with van der Waals surface area (Å²) < 4.78 is 0. The third-order valence-corrected chi connectivity index (χ3v) is 12.4. The highest BCUT2D eigenvalue weighted by Gasteiger charge is 2.71. The van der Waals surface area contributed by atoms with Crippen LogP contribution in [0.1, 0.15) is 113 Å². The zero-order chi connectivity index (χ0) is 24.6. The highest BCUT2D eigenvalue weighted by atomic mass is 16.3. The van der Waals surface area contributed by atoms with Crippen LogP contribution in [0.15, 0.2) is 11.6 Å². The molecule has 0 amide bonds. The van der Waals surface area contributed by atoms with Gasteiger partial charge in [0.25, 0.3) is 0 Å². The molecule has 4 rings (SSSR count). The molecule has 4 aliphatic rings. The quantitative estimate of drug-likeness (QED) is 0.420. The van der Waals surface area contributed by atoms with Gasteiger partial charge in [0.2, 0.25) is 0 Å². The maximum Gasteiger partial charge on any atom is 0.0654 e. The summed E-state index contributed by atoms with van der Waals surface area (Å²) in [5.74, 6) is 1.31. The van der Waals surface area contributed by atoms with E-state index in [4.69, 9.17) is 0 Å². The van der Waals surface area contributed by atoms with E-state index in [0.29, 0.717) is 11.8 Å². The third-order valence-electron chi connectivity index (χ3n) is 12.4. The van der Waals surface area contributed by atoms with Gasteiger partial charge in [-0.05, 0) is 124 Å². The highest BCUT2D eigenvalue weighted by Crippen LogP contribution is 2.75. The van der Waals surface area contributed by atoms with Crippen molar-refractivity contribution >= 4 is 0 Å². The average Bonchev–Trinajstić information content (AvgIpc) is 3.08. The molecule has 3 heteroatoms. The summed E-state index contributed by atoms with van der Waals surface area (Å²) in [6.45, 7) is 18.3. The Morgan fingerprint density at radius 1 is 0.909 bits per heavy atom. The summed E-state index contributed by atoms with van der Waals surface area (Å²) in [7, 11) is 0. The van der Waals surface area contributed by atoms with Gasteiger partial charge in [0.15, 0.2) is 0 Å². The molecule has 0 aromatic carbocycles. The Kier molecular flexibility index (Phi) is 6.28. The SMILES string of the molecule is CC(C)=CCC[C@](C)(O)[C@H]1CC[C@]2(C)[C@H]1[C@H](O)C[C@@H]1[C@@]3(C)CC[C@@H](O)C(C)(C)[C@@H]3CC[C@]12C. The van der Waals surface area contributed by atoms with Gasteiger partial charge in [-0.25, -0.2) is 0 Å². The number of aliphatic hydroxyl groups excluding tert-OH is 2. The molecule has 190 valence electrons. The Morgan fingerprint density at radius 2 is 1.55 bits per heavy atom. The second kappa shape index (κ2) is 8.07. The number of hydrogen-bond acceptors (Lipinski definition) is 3. The van der Waals surface area contributed by atoms with Gasteiger partial charge in [-0.3, -0.25) is 0 Å². The lowest BCUT2D eigenvalue weighted by Gasteiger charge is -2.70. The summed E-state index contributed by atoms with van der Waals surface area (Å²) in [4.78, 5) is 0. The van der Waals surface area contributed by atoms with Crippen molar-refractivity contribution in [3.8, 4) is 0 Å². The zero-order valence-electron chi connectivity index (χ0n) is 22.7. The summed E-state index contributed by atoms with van der Waals surface area (Å²) in [5, 5.41) is 34.3. The van der Waals surface area contributed by atoms with Crippen LogP contribution in [0.4, 0.5) is 0 Å². The Bertz CT molecular complexity index is 779. The molecule has 4 aliphatic carbocycles. The molecule has 33 heavy (non-hydrogen) atoms. The van der Waals surface area contributed by atoms with Gasteiger partial charge in [-0.1, -0.05) is 46.3 Å². The molecule has 0 heterocycles. The third kappa shape index (κ3) is 3.61. The van der Waals surface area contributed by atoms with Crippen molar-refractivity contribution in [2.75, 3.05) is 0 Å². The Balaban J connectivity index is 1.66. The van der Waals surface area contributed by atoms with Gasteiger partial charge < -0.3 is 15.3 Å². The van der Waals surface area contributed by atoms with Gasteiger partial charge in [0.1, 0.15) is 0 Å². The van der Waals surface area contributed by atoms with Gasteiger partial charge in [0, 0.05) is 0 Å². The van der Waals surface area contributed by atoms with Crippen LogP contribution >= 0.6 is 0 Å². The summed E-state index contributed by atoms with van der Waals surface area (Å²) >= 11 is 0. The number of hydrogen-bond donors (Lipinski definition) is 3. The topological polar surface area (TPSA) is 60.7 Å². The predicted octanol–water partition coefficient (Wildman–Crippen LogP) is 6.50. The molecular weight excluding hydrogens is 408 g/mol. The molecule has 0 bridgehead atoms. The highest BCUT2D eigenvalue weighted by molar-refractivity contribution is 5.20. The van der Waals surface area contributed by atoms with Crippen LogP contribution in [0.25, 0.3) is 0 Å². The first kappa shape index (κ1) is 25.7. The Labute approximate surface area is 203 Å². The van der Waals surface area contributed by atoms with Crippen molar-refractivity contribution in [3.63, 3.8) is 0 Å². The van der Waals surface area contributed by atoms with E-state index < -0.39 is 5.60 Å². The smallest absolute Gasteiger partial charge is 0.0654 e. The number of fused-ring (bicyclic) bond motifs is 5. The van der Waals surface area contributed by atoms with Crippen molar-refractivity contribution < 1.29 is 15.3 Å². The molecule has 0 saturated heterocycles. The van der Waals surface area contributed by atoms with Crippen molar-refractivity contribution in [3.05, 3.63) is 11.6 Å². The first-order valence-electron chi connectivity index (χ1n) is 13.8. The van der Waals surface area contributed by atoms with E-state index in [1.165, 1.54) is 18.4 Å². The van der Waals surface area contributed by atoms with Gasteiger partial charge >= 0.3 is 0 Å². The van der Waals surface area contributed by atoms with Gasteiger partial charge in [-0.2, -0.15) is 0 Å². The molecule has 10 atom stereocenters. The standard InChI is InChI=1S/C30H52O3/c1-19(2)10-9-14-30(8,33)20-11-16-29(7)25(20)21(31)18-23-27(5)15-13-24(32)26(3,4)22(27)12-17-28(23,29)6/h10,20-25,31-33H,9,11-18H2,1-8H3/t20-,21+,22-,23+,24+,25+,27-,28+,29+,30-/m0/s1. The van der Waals surface area contributed by atoms with E-state index in [0.717, 1.165) is 44.9 Å². The average molecular weight is 461 g/mol. The van der Waals surface area contributed by atoms with Crippen LogP contribution in [0.3, 0.4) is 0 Å². The normalized spacial score (nSPS) is 50.5. The monoisotopic (exact) mass is 460 g/mol. The van der Waals surface area contributed by atoms with Crippen molar-refractivity contribution in [2.24, 2.45) is 45.3 Å². The van der Waals surface area contributed by atoms with Crippen LogP contribution in [0.2, 0.25) is 0 Å². The molecular formula is C30H52O3. The molecule has 0 aliphatic heterocycles. The number of allylic oxidation sites excluding steroid dienone is 2. The fourth-order valence-corrected chi connectivity index (χ4v) is 10.3. The minimum atomic E-state index is -0.739. The van der Waals surface area contributed by atoms with Crippen molar-refractivity contribution in [2.45, 2.75) is 131 Å². The van der Waals surface area contributed by atoms with Crippen molar-refractivity contribution in [1.82, 2.24) is 0 Å². The summed E-state index contributed by atoms with van der Waals surface area (Å²) in [6, 6.07) is 0. The summed E-state index contributed by atoms with van der Waals surface area (Å²) in [5.41, 5.74) is 0.885. The fraction of sp³-hybridized carbons (Fsp3) is 0.933. The van der Waals surface area contributed by atoms with E-state index in [2.05, 4.69) is 54.5 Å². The lowest BCUT2D eigenvalue weighted by Crippen LogP contribution is -2.66. The van der Waals surface area contributed by atoms with E-state index in [9.17, 15) is 15.3 Å².